The molecule has 1 aromatic carbocycles. The van der Waals surface area contributed by atoms with E-state index in [1.54, 1.807) is 0 Å². The van der Waals surface area contributed by atoms with Gasteiger partial charge in [0.25, 0.3) is 0 Å². The summed E-state index contributed by atoms with van der Waals surface area (Å²) in [6, 6.07) is 6.64. The molecule has 0 aliphatic rings. The lowest BCUT2D eigenvalue weighted by molar-refractivity contribution is 0.297. The van der Waals surface area contributed by atoms with Gasteiger partial charge in [0.05, 0.1) is 0 Å². The smallest absolute Gasteiger partial charge is 0.193 e. The van der Waals surface area contributed by atoms with Crippen LogP contribution in [0.2, 0.25) is 0 Å². The van der Waals surface area contributed by atoms with Crippen LogP contribution in [0.4, 0.5) is 4.39 Å². The highest BCUT2D eigenvalue weighted by Gasteiger charge is 2.06. The van der Waals surface area contributed by atoms with E-state index in [1.165, 1.54) is 18.6 Å². The van der Waals surface area contributed by atoms with Crippen LogP contribution in [0.1, 0.15) is 39.2 Å². The monoisotopic (exact) mass is 336 g/mol. The van der Waals surface area contributed by atoms with Crippen LogP contribution in [-0.4, -0.2) is 55.5 Å². The van der Waals surface area contributed by atoms with E-state index in [1.807, 2.05) is 19.2 Å². The second kappa shape index (κ2) is 11.8. The first-order valence-electron chi connectivity index (χ1n) is 9.06. The summed E-state index contributed by atoms with van der Waals surface area (Å²) in [5.41, 5.74) is 1.08. The fraction of sp³-hybridized carbons (Fsp3) is 0.632. The molecule has 1 aromatic rings. The molecule has 0 fully saturated rings. The topological polar surface area (TPSA) is 30.9 Å². The number of guanidine groups is 1. The van der Waals surface area contributed by atoms with Gasteiger partial charge in [0.1, 0.15) is 5.82 Å². The largest absolute Gasteiger partial charge is 0.357 e. The first kappa shape index (κ1) is 20.4. The van der Waals surface area contributed by atoms with Gasteiger partial charge in [-0.1, -0.05) is 26.0 Å². The van der Waals surface area contributed by atoms with Crippen LogP contribution < -0.4 is 5.32 Å². The van der Waals surface area contributed by atoms with Crippen LogP contribution in [0.5, 0.6) is 0 Å². The molecule has 1 N–H and O–H groups in total. The lowest BCUT2D eigenvalue weighted by atomic mass is 10.2. The van der Waals surface area contributed by atoms with Gasteiger partial charge in [-0.2, -0.15) is 0 Å². The average molecular weight is 336 g/mol. The molecular weight excluding hydrogens is 303 g/mol. The summed E-state index contributed by atoms with van der Waals surface area (Å²) in [5.74, 6) is 0.708. The average Bonchev–Trinajstić information content (AvgIpc) is 2.59. The third-order valence-electron chi connectivity index (χ3n) is 4.07. The molecule has 0 saturated carbocycles. The lowest BCUT2D eigenvalue weighted by Gasteiger charge is -2.22. The first-order chi connectivity index (χ1) is 11.6. The lowest BCUT2D eigenvalue weighted by Crippen LogP contribution is -2.38. The van der Waals surface area contributed by atoms with Crippen LogP contribution >= 0.6 is 0 Å². The zero-order valence-corrected chi connectivity index (χ0v) is 15.7. The Morgan fingerprint density at radius 2 is 1.75 bits per heavy atom. The maximum absolute atomic E-state index is 13.0. The van der Waals surface area contributed by atoms with Crippen molar-refractivity contribution in [3.05, 3.63) is 35.6 Å². The summed E-state index contributed by atoms with van der Waals surface area (Å²) in [7, 11) is 2.01. The van der Waals surface area contributed by atoms with Crippen LogP contribution in [0.15, 0.2) is 29.3 Å². The van der Waals surface area contributed by atoms with E-state index in [0.29, 0.717) is 6.54 Å². The molecule has 1 rings (SSSR count). The number of rotatable bonds is 10. The number of unbranched alkanes of at least 4 members (excludes halogenated alkanes) is 1. The predicted octanol–water partition coefficient (Wildman–Crippen LogP) is 3.35. The minimum Gasteiger partial charge on any atom is -0.357 e. The quantitative estimate of drug-likeness (QED) is 0.404. The Bertz CT molecular complexity index is 469. The van der Waals surface area contributed by atoms with Crippen molar-refractivity contribution in [2.75, 3.05) is 39.8 Å². The van der Waals surface area contributed by atoms with Crippen molar-refractivity contribution in [3.8, 4) is 0 Å². The highest BCUT2D eigenvalue weighted by atomic mass is 19.1. The molecular formula is C19H33FN4. The summed E-state index contributed by atoms with van der Waals surface area (Å²) in [5, 5.41) is 3.33. The Labute approximate surface area is 146 Å². The molecule has 0 bridgehead atoms. The number of nitrogens with one attached hydrogen (secondary N) is 1. The molecule has 0 amide bonds. The highest BCUT2D eigenvalue weighted by molar-refractivity contribution is 5.79. The molecule has 0 aromatic heterocycles. The maximum Gasteiger partial charge on any atom is 0.193 e. The normalized spacial score (nSPS) is 11.8. The number of hydrogen-bond acceptors (Lipinski definition) is 2. The number of nitrogens with zero attached hydrogens (tertiary/aromatic N) is 3. The van der Waals surface area contributed by atoms with Gasteiger partial charge in [0.2, 0.25) is 0 Å². The molecule has 0 aliphatic carbocycles. The van der Waals surface area contributed by atoms with Gasteiger partial charge in [-0.3, -0.25) is 4.99 Å². The van der Waals surface area contributed by atoms with E-state index in [-0.39, 0.29) is 5.82 Å². The zero-order valence-electron chi connectivity index (χ0n) is 15.7. The van der Waals surface area contributed by atoms with Crippen molar-refractivity contribution in [1.82, 2.24) is 15.1 Å². The first-order valence-corrected chi connectivity index (χ1v) is 9.06. The van der Waals surface area contributed by atoms with Crippen LogP contribution in [-0.2, 0) is 6.54 Å². The second-order valence-electron chi connectivity index (χ2n) is 5.95. The van der Waals surface area contributed by atoms with E-state index in [9.17, 15) is 4.39 Å². The Morgan fingerprint density at radius 3 is 2.33 bits per heavy atom. The van der Waals surface area contributed by atoms with Crippen LogP contribution in [0, 0.1) is 5.82 Å². The Balaban J connectivity index is 2.47. The maximum atomic E-state index is 13.0. The zero-order chi connectivity index (χ0) is 17.8. The number of aliphatic imine (C=N–C) groups is 1. The molecule has 4 nitrogen and oxygen atoms in total. The standard InChI is InChI=1S/C19H33FN4/c1-5-21-19(22-14-8-9-15-24(6-2)7-3)23(4)16-17-10-12-18(20)13-11-17/h10-13H,5-9,14-16H2,1-4H3,(H,21,22). The third kappa shape index (κ3) is 7.77. The number of benzene rings is 1. The molecule has 5 heteroatoms. The van der Waals surface area contributed by atoms with E-state index in [2.05, 4.69) is 35.9 Å². The van der Waals surface area contributed by atoms with Crippen molar-refractivity contribution in [1.29, 1.82) is 0 Å². The summed E-state index contributed by atoms with van der Waals surface area (Å²) < 4.78 is 13.0. The van der Waals surface area contributed by atoms with Gasteiger partial charge in [0, 0.05) is 26.7 Å². The molecule has 0 heterocycles. The van der Waals surface area contributed by atoms with Gasteiger partial charge in [-0.05, 0) is 57.1 Å². The predicted molar refractivity (Wildman–Crippen MR) is 101 cm³/mol. The second-order valence-corrected chi connectivity index (χ2v) is 5.95. The van der Waals surface area contributed by atoms with E-state index < -0.39 is 0 Å². The molecule has 0 aliphatic heterocycles. The summed E-state index contributed by atoms with van der Waals surface area (Å²) in [4.78, 5) is 9.24. The van der Waals surface area contributed by atoms with Gasteiger partial charge in [-0.15, -0.1) is 0 Å². The minimum atomic E-state index is -0.199. The molecule has 0 spiro atoms. The minimum absolute atomic E-state index is 0.199. The van der Waals surface area contributed by atoms with Gasteiger partial charge >= 0.3 is 0 Å². The Kier molecular flexibility index (Phi) is 10.1. The van der Waals surface area contributed by atoms with E-state index in [0.717, 1.165) is 50.7 Å². The number of halogens is 1. The van der Waals surface area contributed by atoms with Crippen molar-refractivity contribution in [3.63, 3.8) is 0 Å². The van der Waals surface area contributed by atoms with Crippen molar-refractivity contribution in [2.24, 2.45) is 4.99 Å². The van der Waals surface area contributed by atoms with E-state index >= 15 is 0 Å². The molecule has 0 unspecified atom stereocenters. The summed E-state index contributed by atoms with van der Waals surface area (Å²) in [6.07, 6.45) is 2.27. The Morgan fingerprint density at radius 1 is 1.08 bits per heavy atom. The molecule has 24 heavy (non-hydrogen) atoms. The van der Waals surface area contributed by atoms with E-state index in [4.69, 9.17) is 4.99 Å². The van der Waals surface area contributed by atoms with Gasteiger partial charge < -0.3 is 15.1 Å². The van der Waals surface area contributed by atoms with Crippen molar-refractivity contribution in [2.45, 2.75) is 40.2 Å². The van der Waals surface area contributed by atoms with Gasteiger partial charge in [-0.25, -0.2) is 4.39 Å². The molecule has 0 saturated heterocycles. The number of hydrogen-bond donors (Lipinski definition) is 1. The summed E-state index contributed by atoms with van der Waals surface area (Å²) >= 11 is 0. The molecule has 0 atom stereocenters. The highest BCUT2D eigenvalue weighted by Crippen LogP contribution is 2.06. The fourth-order valence-electron chi connectivity index (χ4n) is 2.58. The van der Waals surface area contributed by atoms with Crippen molar-refractivity contribution < 1.29 is 4.39 Å². The summed E-state index contributed by atoms with van der Waals surface area (Å²) in [6.45, 7) is 12.2. The SMILES string of the molecule is CCNC(=NCCCCN(CC)CC)N(C)Cc1ccc(F)cc1. The Hall–Kier alpha value is -1.62. The van der Waals surface area contributed by atoms with Crippen molar-refractivity contribution >= 4 is 5.96 Å². The fourth-order valence-corrected chi connectivity index (χ4v) is 2.58. The molecule has 0 radical (unpaired) electrons. The third-order valence-corrected chi connectivity index (χ3v) is 4.07. The van der Waals surface area contributed by atoms with Crippen LogP contribution in [0.25, 0.3) is 0 Å². The molecule has 136 valence electrons. The van der Waals surface area contributed by atoms with Crippen LogP contribution in [0.3, 0.4) is 0 Å². The van der Waals surface area contributed by atoms with Gasteiger partial charge in [0.15, 0.2) is 5.96 Å².